The van der Waals surface area contributed by atoms with Gasteiger partial charge < -0.3 is 10.0 Å². The minimum absolute atomic E-state index is 0.0825. The molecule has 0 radical (unpaired) electrons. The van der Waals surface area contributed by atoms with Crippen molar-refractivity contribution in [2.24, 2.45) is 5.92 Å². The van der Waals surface area contributed by atoms with E-state index in [2.05, 4.69) is 0 Å². The third kappa shape index (κ3) is 2.69. The molecule has 3 rings (SSSR count). The summed E-state index contributed by atoms with van der Waals surface area (Å²) >= 11 is 1.47. The molecule has 1 amide bonds. The molecule has 4 nitrogen and oxygen atoms in total. The minimum atomic E-state index is -0.843. The normalized spacial score (nSPS) is 21.4. The molecule has 5 heteroatoms. The zero-order valence-electron chi connectivity index (χ0n) is 11.3. The van der Waals surface area contributed by atoms with Crippen LogP contribution < -0.4 is 0 Å². The maximum Gasteiger partial charge on any atom is 0.308 e. The fourth-order valence-electron chi connectivity index (χ4n) is 2.83. The Balaban J connectivity index is 1.85. The maximum atomic E-state index is 12.4. The van der Waals surface area contributed by atoms with Crippen molar-refractivity contribution in [3.05, 3.63) is 58.3 Å². The predicted molar refractivity (Wildman–Crippen MR) is 80.5 cm³/mol. The van der Waals surface area contributed by atoms with Gasteiger partial charge in [-0.3, -0.25) is 9.59 Å². The number of carbonyl (C=O) groups excluding carboxylic acids is 1. The topological polar surface area (TPSA) is 57.6 Å². The number of nitrogens with zero attached hydrogens (tertiary/aromatic N) is 1. The van der Waals surface area contributed by atoms with Crippen LogP contribution in [0.15, 0.2) is 47.2 Å². The second kappa shape index (κ2) is 5.69. The van der Waals surface area contributed by atoms with E-state index in [4.69, 9.17) is 0 Å². The van der Waals surface area contributed by atoms with Gasteiger partial charge in [0.25, 0.3) is 5.91 Å². The van der Waals surface area contributed by atoms with Crippen LogP contribution in [0, 0.1) is 5.92 Å². The highest BCUT2D eigenvalue weighted by molar-refractivity contribution is 7.08. The summed E-state index contributed by atoms with van der Waals surface area (Å²) in [4.78, 5) is 25.5. The van der Waals surface area contributed by atoms with Crippen LogP contribution >= 0.6 is 11.3 Å². The number of hydrogen-bond donors (Lipinski definition) is 1. The first kappa shape index (κ1) is 13.8. The van der Waals surface area contributed by atoms with Gasteiger partial charge in [-0.05, 0) is 17.0 Å². The van der Waals surface area contributed by atoms with Crippen molar-refractivity contribution < 1.29 is 14.7 Å². The molecule has 2 heterocycles. The molecule has 1 N–H and O–H groups in total. The van der Waals surface area contributed by atoms with Gasteiger partial charge in [-0.15, -0.1) is 0 Å². The molecule has 2 unspecified atom stereocenters. The maximum absolute atomic E-state index is 12.4. The molecular weight excluding hydrogens is 286 g/mol. The van der Waals surface area contributed by atoms with Crippen LogP contribution in [0.3, 0.4) is 0 Å². The lowest BCUT2D eigenvalue weighted by Crippen LogP contribution is -2.29. The highest BCUT2D eigenvalue weighted by Gasteiger charge is 2.40. The Morgan fingerprint density at radius 3 is 2.52 bits per heavy atom. The molecular formula is C16H15NO3S. The molecule has 1 aliphatic rings. The Kier molecular flexibility index (Phi) is 3.75. The van der Waals surface area contributed by atoms with Crippen molar-refractivity contribution in [1.82, 2.24) is 4.90 Å². The Bertz CT molecular complexity index is 639. The van der Waals surface area contributed by atoms with Crippen molar-refractivity contribution in [3.8, 4) is 0 Å². The van der Waals surface area contributed by atoms with Crippen LogP contribution in [0.4, 0.5) is 0 Å². The standard InChI is InChI=1S/C16H15NO3S/c18-15(12-6-7-21-10-12)17-8-13(14(9-17)16(19)20)11-4-2-1-3-5-11/h1-7,10,13-14H,8-9H2,(H,19,20). The van der Waals surface area contributed by atoms with Gasteiger partial charge in [-0.25, -0.2) is 0 Å². The van der Waals surface area contributed by atoms with E-state index in [1.807, 2.05) is 35.7 Å². The predicted octanol–water partition coefficient (Wildman–Crippen LogP) is 2.69. The molecule has 0 bridgehead atoms. The molecule has 2 aromatic rings. The van der Waals surface area contributed by atoms with Crippen LogP contribution in [0.25, 0.3) is 0 Å². The molecule has 108 valence electrons. The summed E-state index contributed by atoms with van der Waals surface area (Å²) < 4.78 is 0. The highest BCUT2D eigenvalue weighted by atomic mass is 32.1. The molecule has 0 aliphatic carbocycles. The van der Waals surface area contributed by atoms with E-state index in [1.54, 1.807) is 16.3 Å². The highest BCUT2D eigenvalue weighted by Crippen LogP contribution is 2.33. The third-order valence-corrected chi connectivity index (χ3v) is 4.60. The van der Waals surface area contributed by atoms with E-state index in [1.165, 1.54) is 11.3 Å². The Labute approximate surface area is 126 Å². The quantitative estimate of drug-likeness (QED) is 0.948. The average Bonchev–Trinajstić information content (AvgIpc) is 3.17. The van der Waals surface area contributed by atoms with E-state index in [9.17, 15) is 14.7 Å². The summed E-state index contributed by atoms with van der Waals surface area (Å²) in [7, 11) is 0. The molecule has 0 saturated carbocycles. The molecule has 1 aliphatic heterocycles. The van der Waals surface area contributed by atoms with E-state index in [0.717, 1.165) is 5.56 Å². The first-order chi connectivity index (χ1) is 10.2. The molecule has 1 fully saturated rings. The lowest BCUT2D eigenvalue weighted by atomic mass is 9.89. The molecule has 0 spiro atoms. The zero-order valence-corrected chi connectivity index (χ0v) is 12.1. The molecule has 21 heavy (non-hydrogen) atoms. The van der Waals surface area contributed by atoms with Gasteiger partial charge in [0.2, 0.25) is 0 Å². The number of benzene rings is 1. The van der Waals surface area contributed by atoms with Crippen molar-refractivity contribution in [2.75, 3.05) is 13.1 Å². The van der Waals surface area contributed by atoms with Gasteiger partial charge in [0, 0.05) is 24.4 Å². The second-order valence-corrected chi connectivity index (χ2v) is 5.96. The van der Waals surface area contributed by atoms with Crippen LogP contribution in [0.5, 0.6) is 0 Å². The molecule has 2 atom stereocenters. The first-order valence-corrected chi connectivity index (χ1v) is 7.70. The summed E-state index contributed by atoms with van der Waals surface area (Å²) in [5.74, 6) is -1.62. The first-order valence-electron chi connectivity index (χ1n) is 6.76. The summed E-state index contributed by atoms with van der Waals surface area (Å²) in [6.07, 6.45) is 0. The van der Waals surface area contributed by atoms with Gasteiger partial charge in [-0.1, -0.05) is 30.3 Å². The molecule has 1 aromatic heterocycles. The SMILES string of the molecule is O=C(O)C1CN(C(=O)c2ccsc2)CC1c1ccccc1. The number of rotatable bonds is 3. The van der Waals surface area contributed by atoms with Crippen molar-refractivity contribution in [1.29, 1.82) is 0 Å². The molecule has 1 saturated heterocycles. The van der Waals surface area contributed by atoms with Crippen molar-refractivity contribution in [2.45, 2.75) is 5.92 Å². The lowest BCUT2D eigenvalue weighted by molar-refractivity contribution is -0.141. The van der Waals surface area contributed by atoms with E-state index in [-0.39, 0.29) is 18.4 Å². The van der Waals surface area contributed by atoms with Crippen LogP contribution in [0.1, 0.15) is 21.8 Å². The Morgan fingerprint density at radius 1 is 1.14 bits per heavy atom. The number of likely N-dealkylation sites (tertiary alicyclic amines) is 1. The number of aliphatic carboxylic acids is 1. The second-order valence-electron chi connectivity index (χ2n) is 5.18. The minimum Gasteiger partial charge on any atom is -0.481 e. The number of carboxylic acids is 1. The number of carbonyl (C=O) groups is 2. The number of hydrogen-bond acceptors (Lipinski definition) is 3. The summed E-state index contributed by atoms with van der Waals surface area (Å²) in [5, 5.41) is 13.1. The summed E-state index contributed by atoms with van der Waals surface area (Å²) in [6, 6.07) is 11.3. The third-order valence-electron chi connectivity index (χ3n) is 3.92. The van der Waals surface area contributed by atoms with E-state index < -0.39 is 11.9 Å². The fourth-order valence-corrected chi connectivity index (χ4v) is 3.46. The Hall–Kier alpha value is -2.14. The fraction of sp³-hybridized carbons (Fsp3) is 0.250. The van der Waals surface area contributed by atoms with E-state index in [0.29, 0.717) is 12.1 Å². The van der Waals surface area contributed by atoms with Gasteiger partial charge in [0.15, 0.2) is 0 Å². The summed E-state index contributed by atoms with van der Waals surface area (Å²) in [5.41, 5.74) is 1.61. The van der Waals surface area contributed by atoms with Gasteiger partial charge in [0.05, 0.1) is 11.5 Å². The van der Waals surface area contributed by atoms with Gasteiger partial charge >= 0.3 is 5.97 Å². The van der Waals surface area contributed by atoms with Crippen LogP contribution in [0.2, 0.25) is 0 Å². The lowest BCUT2D eigenvalue weighted by Gasteiger charge is -2.15. The largest absolute Gasteiger partial charge is 0.481 e. The number of carboxylic acid groups (broad SMARTS) is 1. The van der Waals surface area contributed by atoms with Crippen molar-refractivity contribution >= 4 is 23.2 Å². The van der Waals surface area contributed by atoms with E-state index >= 15 is 0 Å². The van der Waals surface area contributed by atoms with Gasteiger partial charge in [0.1, 0.15) is 0 Å². The number of amides is 1. The van der Waals surface area contributed by atoms with Crippen LogP contribution in [-0.4, -0.2) is 35.0 Å². The average molecular weight is 301 g/mol. The van der Waals surface area contributed by atoms with Crippen LogP contribution in [-0.2, 0) is 4.79 Å². The summed E-state index contributed by atoms with van der Waals surface area (Å²) in [6.45, 7) is 0.721. The van der Waals surface area contributed by atoms with Gasteiger partial charge in [-0.2, -0.15) is 11.3 Å². The monoisotopic (exact) mass is 301 g/mol. The number of thiophene rings is 1. The van der Waals surface area contributed by atoms with Crippen molar-refractivity contribution in [3.63, 3.8) is 0 Å². The zero-order chi connectivity index (χ0) is 14.8. The smallest absolute Gasteiger partial charge is 0.308 e. The Morgan fingerprint density at radius 2 is 1.90 bits per heavy atom. The molecule has 1 aromatic carbocycles.